The minimum Gasteiger partial charge on any atom is -0.497 e. The highest BCUT2D eigenvalue weighted by molar-refractivity contribution is 5.89. The van der Waals surface area contributed by atoms with Gasteiger partial charge >= 0.3 is 5.97 Å². The Kier molecular flexibility index (Phi) is 6.26. The second-order valence-corrected chi connectivity index (χ2v) is 7.19. The molecule has 2 aromatic carbocycles. The monoisotopic (exact) mass is 443 g/mol. The molecule has 2 heterocycles. The van der Waals surface area contributed by atoms with E-state index in [9.17, 15) is 9.59 Å². The number of hydrogen-bond donors (Lipinski definition) is 0. The lowest BCUT2D eigenvalue weighted by atomic mass is 9.83. The summed E-state index contributed by atoms with van der Waals surface area (Å²) in [5, 5.41) is 8.41. The van der Waals surface area contributed by atoms with Gasteiger partial charge in [0.1, 0.15) is 18.1 Å². The standard InChI is InChI=1S/C25H21N3O5/c1-31-19-8-6-17(7-9-19)16-33-22-5-3-4-21(20(22)15-29)25(11-13-27-28-25)23-14-18(10-12-26-23)24(30)32-2/h3-15H,16H2,1-2H3. The van der Waals surface area contributed by atoms with Crippen LogP contribution in [0.4, 0.5) is 0 Å². The van der Waals surface area contributed by atoms with Gasteiger partial charge in [0.15, 0.2) is 11.8 Å². The molecule has 166 valence electrons. The predicted octanol–water partition coefficient (Wildman–Crippen LogP) is 4.49. The van der Waals surface area contributed by atoms with Crippen LogP contribution in [0.1, 0.15) is 37.5 Å². The zero-order chi connectivity index (χ0) is 23.3. The van der Waals surface area contributed by atoms with Crippen LogP contribution < -0.4 is 9.47 Å². The van der Waals surface area contributed by atoms with E-state index in [0.717, 1.165) is 17.6 Å². The number of azo groups is 1. The molecule has 0 N–H and O–H groups in total. The zero-order valence-corrected chi connectivity index (χ0v) is 18.1. The molecule has 0 saturated carbocycles. The van der Waals surface area contributed by atoms with Crippen molar-refractivity contribution in [3.8, 4) is 11.5 Å². The van der Waals surface area contributed by atoms with Crippen molar-refractivity contribution in [2.75, 3.05) is 14.2 Å². The molecule has 3 aromatic rings. The second kappa shape index (κ2) is 9.44. The smallest absolute Gasteiger partial charge is 0.337 e. The number of nitrogens with zero attached hydrogens (tertiary/aromatic N) is 3. The summed E-state index contributed by atoms with van der Waals surface area (Å²) in [6.45, 7) is 0.259. The van der Waals surface area contributed by atoms with Crippen molar-refractivity contribution >= 4 is 12.3 Å². The van der Waals surface area contributed by atoms with Crippen LogP contribution in [0.2, 0.25) is 0 Å². The van der Waals surface area contributed by atoms with Gasteiger partial charge < -0.3 is 14.2 Å². The van der Waals surface area contributed by atoms with E-state index in [1.807, 2.05) is 24.3 Å². The molecule has 0 fully saturated rings. The largest absolute Gasteiger partial charge is 0.497 e. The van der Waals surface area contributed by atoms with Crippen LogP contribution in [-0.4, -0.2) is 31.5 Å². The Hall–Kier alpha value is -4.33. The maximum atomic E-state index is 12.2. The van der Waals surface area contributed by atoms with Crippen molar-refractivity contribution in [1.82, 2.24) is 4.98 Å². The van der Waals surface area contributed by atoms with E-state index in [0.29, 0.717) is 28.1 Å². The fourth-order valence-electron chi connectivity index (χ4n) is 3.61. The molecule has 0 saturated heterocycles. The molecule has 1 aliphatic heterocycles. The minimum absolute atomic E-state index is 0.259. The van der Waals surface area contributed by atoms with Crippen LogP contribution in [0.3, 0.4) is 0 Å². The number of aromatic nitrogens is 1. The molecule has 1 atom stereocenters. The first-order valence-corrected chi connectivity index (χ1v) is 10.1. The topological polar surface area (TPSA) is 99.4 Å². The molecule has 0 spiro atoms. The van der Waals surface area contributed by atoms with Gasteiger partial charge in [0.25, 0.3) is 0 Å². The summed E-state index contributed by atoms with van der Waals surface area (Å²) in [6, 6.07) is 15.9. The maximum Gasteiger partial charge on any atom is 0.337 e. The van der Waals surface area contributed by atoms with Crippen LogP contribution in [0, 0.1) is 0 Å². The molecule has 33 heavy (non-hydrogen) atoms. The minimum atomic E-state index is -1.18. The van der Waals surface area contributed by atoms with Gasteiger partial charge in [0.2, 0.25) is 0 Å². The molecule has 8 heteroatoms. The van der Waals surface area contributed by atoms with Crippen LogP contribution in [0.25, 0.3) is 0 Å². The van der Waals surface area contributed by atoms with E-state index in [2.05, 4.69) is 15.2 Å². The molecule has 0 bridgehead atoms. The number of hydrogen-bond acceptors (Lipinski definition) is 8. The normalized spacial score (nSPS) is 16.4. The van der Waals surface area contributed by atoms with Gasteiger partial charge in [-0.3, -0.25) is 9.78 Å². The third-order valence-electron chi connectivity index (χ3n) is 5.32. The summed E-state index contributed by atoms with van der Waals surface area (Å²) in [4.78, 5) is 28.7. The SMILES string of the molecule is COC(=O)c1ccnc(C2(c3cccc(OCc4ccc(OC)cc4)c3C=O)C=CN=N2)c1. The van der Waals surface area contributed by atoms with Gasteiger partial charge in [-0.1, -0.05) is 24.3 Å². The van der Waals surface area contributed by atoms with Crippen molar-refractivity contribution in [3.05, 3.63) is 101 Å². The predicted molar refractivity (Wildman–Crippen MR) is 120 cm³/mol. The molecule has 0 amide bonds. The van der Waals surface area contributed by atoms with Gasteiger partial charge in [0.05, 0.1) is 31.0 Å². The van der Waals surface area contributed by atoms with Gasteiger partial charge in [-0.25, -0.2) is 4.79 Å². The summed E-state index contributed by atoms with van der Waals surface area (Å²) in [6.07, 6.45) is 5.49. The van der Waals surface area contributed by atoms with Crippen LogP contribution in [0.5, 0.6) is 11.5 Å². The highest BCUT2D eigenvalue weighted by atomic mass is 16.5. The highest BCUT2D eigenvalue weighted by Gasteiger charge is 2.39. The number of esters is 1. The Morgan fingerprint density at radius 3 is 2.58 bits per heavy atom. The molecule has 1 aromatic heterocycles. The van der Waals surface area contributed by atoms with Gasteiger partial charge in [0, 0.05) is 18.0 Å². The molecular weight excluding hydrogens is 422 g/mol. The van der Waals surface area contributed by atoms with Crippen molar-refractivity contribution < 1.29 is 23.8 Å². The molecule has 0 aliphatic carbocycles. The average molecular weight is 443 g/mol. The second-order valence-electron chi connectivity index (χ2n) is 7.19. The first kappa shape index (κ1) is 21.9. The zero-order valence-electron chi connectivity index (χ0n) is 18.1. The first-order chi connectivity index (χ1) is 16.1. The number of carbonyl (C=O) groups excluding carboxylic acids is 2. The lowest BCUT2D eigenvalue weighted by Crippen LogP contribution is -2.25. The van der Waals surface area contributed by atoms with E-state index in [4.69, 9.17) is 14.2 Å². The fraction of sp³-hybridized carbons (Fsp3) is 0.160. The fourth-order valence-corrected chi connectivity index (χ4v) is 3.61. The van der Waals surface area contributed by atoms with Gasteiger partial charge in [-0.05, 0) is 42.0 Å². The van der Waals surface area contributed by atoms with Crippen LogP contribution >= 0.6 is 0 Å². The lowest BCUT2D eigenvalue weighted by molar-refractivity contribution is 0.0600. The number of carbonyl (C=O) groups is 2. The van der Waals surface area contributed by atoms with E-state index >= 15 is 0 Å². The molecule has 8 nitrogen and oxygen atoms in total. The molecule has 1 unspecified atom stereocenters. The number of aldehydes is 1. The Bertz CT molecular complexity index is 1220. The Morgan fingerprint density at radius 1 is 1.09 bits per heavy atom. The van der Waals surface area contributed by atoms with E-state index < -0.39 is 11.5 Å². The van der Waals surface area contributed by atoms with Gasteiger partial charge in [-0.2, -0.15) is 10.2 Å². The summed E-state index contributed by atoms with van der Waals surface area (Å²) < 4.78 is 16.0. The summed E-state index contributed by atoms with van der Waals surface area (Å²) in [7, 11) is 2.91. The number of rotatable bonds is 8. The molecule has 1 aliphatic rings. The van der Waals surface area contributed by atoms with E-state index in [1.54, 1.807) is 43.5 Å². The summed E-state index contributed by atoms with van der Waals surface area (Å²) in [5.41, 5.74) is 1.34. The first-order valence-electron chi connectivity index (χ1n) is 10.1. The third-order valence-corrected chi connectivity index (χ3v) is 5.32. The van der Waals surface area contributed by atoms with E-state index in [-0.39, 0.29) is 6.61 Å². The Morgan fingerprint density at radius 2 is 1.91 bits per heavy atom. The number of methoxy groups -OCH3 is 2. The molecule has 0 radical (unpaired) electrons. The van der Waals surface area contributed by atoms with Gasteiger partial charge in [-0.15, -0.1) is 0 Å². The average Bonchev–Trinajstić information content (AvgIpc) is 3.38. The summed E-state index contributed by atoms with van der Waals surface area (Å²) in [5.74, 6) is 0.647. The number of ether oxygens (including phenoxy) is 3. The third kappa shape index (κ3) is 4.23. The Labute approximate surface area is 190 Å². The Balaban J connectivity index is 1.72. The highest BCUT2D eigenvalue weighted by Crippen LogP contribution is 2.41. The molecular formula is C25H21N3O5. The van der Waals surface area contributed by atoms with Crippen LogP contribution in [-0.2, 0) is 16.9 Å². The van der Waals surface area contributed by atoms with Crippen molar-refractivity contribution in [1.29, 1.82) is 0 Å². The summed E-state index contributed by atoms with van der Waals surface area (Å²) >= 11 is 0. The quantitative estimate of drug-likeness (QED) is 0.376. The van der Waals surface area contributed by atoms with Crippen molar-refractivity contribution in [2.24, 2.45) is 10.2 Å². The number of benzene rings is 2. The maximum absolute atomic E-state index is 12.2. The van der Waals surface area contributed by atoms with Crippen molar-refractivity contribution in [3.63, 3.8) is 0 Å². The van der Waals surface area contributed by atoms with E-state index in [1.165, 1.54) is 19.5 Å². The van der Waals surface area contributed by atoms with Crippen LogP contribution in [0.15, 0.2) is 83.3 Å². The number of pyridine rings is 1. The molecule has 4 rings (SSSR count). The lowest BCUT2D eigenvalue weighted by Gasteiger charge is -2.25. The van der Waals surface area contributed by atoms with Crippen molar-refractivity contribution in [2.45, 2.75) is 12.1 Å².